The molecular formula is C39H74BrOP. The van der Waals surface area contributed by atoms with Crippen molar-refractivity contribution in [2.45, 2.75) is 195 Å². The van der Waals surface area contributed by atoms with Crippen LogP contribution in [0.1, 0.15) is 194 Å². The largest absolute Gasteiger partial charge is 0.507 e. The zero-order chi connectivity index (χ0) is 30.6. The molecule has 0 radical (unpaired) electrons. The molecule has 0 aliphatic rings. The minimum absolute atomic E-state index is 0. The van der Waals surface area contributed by atoms with Crippen LogP contribution in [0.3, 0.4) is 0 Å². The van der Waals surface area contributed by atoms with Crippen molar-refractivity contribution in [1.82, 2.24) is 0 Å². The van der Waals surface area contributed by atoms with E-state index in [1.165, 1.54) is 128 Å². The molecule has 0 spiro atoms. The molecule has 1 nitrogen and oxygen atoms in total. The summed E-state index contributed by atoms with van der Waals surface area (Å²) in [4.78, 5) is 0. The lowest BCUT2D eigenvalue weighted by atomic mass is 9.78. The van der Waals surface area contributed by atoms with Crippen molar-refractivity contribution >= 4 is 24.9 Å². The van der Waals surface area contributed by atoms with Gasteiger partial charge < -0.3 is 5.11 Å². The van der Waals surface area contributed by atoms with Crippen molar-refractivity contribution in [3.8, 4) is 5.75 Å². The third-order valence-electron chi connectivity index (χ3n) is 8.88. The number of aryl methyl sites for hydroxylation is 1. The molecule has 248 valence electrons. The van der Waals surface area contributed by atoms with Gasteiger partial charge in [0.05, 0.1) is 0 Å². The Bertz CT molecular complexity index is 725. The highest BCUT2D eigenvalue weighted by Gasteiger charge is 2.26. The van der Waals surface area contributed by atoms with Crippen LogP contribution in [0.5, 0.6) is 5.75 Å². The third-order valence-corrected chi connectivity index (χ3v) is 11.7. The van der Waals surface area contributed by atoms with E-state index in [9.17, 15) is 5.11 Å². The van der Waals surface area contributed by atoms with Gasteiger partial charge in [0.1, 0.15) is 5.75 Å². The first-order chi connectivity index (χ1) is 19.5. The van der Waals surface area contributed by atoms with Crippen LogP contribution in [0.2, 0.25) is 0 Å². The molecule has 1 aromatic rings. The van der Waals surface area contributed by atoms with Gasteiger partial charge in [0.25, 0.3) is 0 Å². The van der Waals surface area contributed by atoms with Gasteiger partial charge in [-0.25, -0.2) is 0 Å². The average molecular weight is 670 g/mol. The highest BCUT2D eigenvalue weighted by Crippen LogP contribution is 2.41. The number of hydrogen-bond donors (Lipinski definition) is 1. The molecule has 3 heteroatoms. The van der Waals surface area contributed by atoms with Gasteiger partial charge in [-0.3, -0.25) is 0 Å². The summed E-state index contributed by atoms with van der Waals surface area (Å²) < 4.78 is 0. The van der Waals surface area contributed by atoms with Crippen LogP contribution >= 0.6 is 24.9 Å². The molecule has 0 unspecified atom stereocenters. The Balaban J connectivity index is 0.0000168. The first kappa shape index (κ1) is 41.9. The van der Waals surface area contributed by atoms with Gasteiger partial charge in [-0.15, -0.1) is 24.9 Å². The molecule has 0 aliphatic heterocycles. The van der Waals surface area contributed by atoms with E-state index in [4.69, 9.17) is 0 Å². The van der Waals surface area contributed by atoms with Gasteiger partial charge in [0.15, 0.2) is 0 Å². The van der Waals surface area contributed by atoms with E-state index in [1.54, 1.807) is 18.5 Å². The zero-order valence-corrected chi connectivity index (χ0v) is 32.3. The Labute approximate surface area is 276 Å². The highest BCUT2D eigenvalue weighted by atomic mass is 79.9. The Morgan fingerprint density at radius 1 is 0.500 bits per heavy atom. The Kier molecular flexibility index (Phi) is 24.2. The second-order valence-electron chi connectivity index (χ2n) is 15.1. The quantitative estimate of drug-likeness (QED) is 0.0858. The maximum absolute atomic E-state index is 11.0. The van der Waals surface area contributed by atoms with Crippen molar-refractivity contribution in [1.29, 1.82) is 0 Å². The van der Waals surface area contributed by atoms with Crippen LogP contribution in [-0.2, 0) is 17.3 Å². The molecule has 42 heavy (non-hydrogen) atoms. The van der Waals surface area contributed by atoms with E-state index in [0.717, 1.165) is 17.5 Å². The summed E-state index contributed by atoms with van der Waals surface area (Å²) in [7, 11) is 0.292. The second kappa shape index (κ2) is 24.2. The summed E-state index contributed by atoms with van der Waals surface area (Å²) in [5.74, 6) is 0.511. The molecule has 0 saturated heterocycles. The standard InChI is InChI=1S/C39H73OP.BrH/c1-9-11-13-15-21-25-29-41(30-26-22-16-14-12-10-2)31-27-23-19-17-18-20-24-28-34-32-35(38(3,4)5)37(40)36(33-34)39(6,7)8;/h32-33,40H,9-31H2,1-8H3;1H. The number of unbranched alkanes of at least 4 members (excludes halogenated alkanes) is 16. The minimum Gasteiger partial charge on any atom is -0.507 e. The number of benzene rings is 1. The number of phenols is 1. The van der Waals surface area contributed by atoms with Crippen LogP contribution in [0.25, 0.3) is 0 Å². The molecule has 1 N–H and O–H groups in total. The van der Waals surface area contributed by atoms with Crippen molar-refractivity contribution in [2.75, 3.05) is 18.5 Å². The van der Waals surface area contributed by atoms with Gasteiger partial charge in [0, 0.05) is 0 Å². The molecule has 0 amide bonds. The molecule has 1 rings (SSSR count). The van der Waals surface area contributed by atoms with E-state index >= 15 is 0 Å². The maximum atomic E-state index is 11.0. The molecule has 0 saturated carbocycles. The molecule has 0 aromatic heterocycles. The summed E-state index contributed by atoms with van der Waals surface area (Å²) in [5.41, 5.74) is 3.54. The monoisotopic (exact) mass is 668 g/mol. The summed E-state index contributed by atoms with van der Waals surface area (Å²) in [6.07, 6.45) is 32.9. The summed E-state index contributed by atoms with van der Waals surface area (Å²) in [6, 6.07) is 4.55. The van der Waals surface area contributed by atoms with Gasteiger partial charge in [-0.2, -0.15) is 0 Å². The highest BCUT2D eigenvalue weighted by molar-refractivity contribution is 8.93. The van der Waals surface area contributed by atoms with Crippen LogP contribution < -0.4 is 0 Å². The van der Waals surface area contributed by atoms with E-state index in [-0.39, 0.29) is 27.8 Å². The lowest BCUT2D eigenvalue weighted by Crippen LogP contribution is -2.18. The summed E-state index contributed by atoms with van der Waals surface area (Å²) in [5, 5.41) is 11.0. The van der Waals surface area contributed by atoms with Crippen molar-refractivity contribution < 1.29 is 5.11 Å². The third kappa shape index (κ3) is 19.3. The normalized spacial score (nSPS) is 12.2. The van der Waals surface area contributed by atoms with Crippen LogP contribution in [0.4, 0.5) is 0 Å². The Morgan fingerprint density at radius 2 is 0.810 bits per heavy atom. The van der Waals surface area contributed by atoms with Crippen molar-refractivity contribution in [3.63, 3.8) is 0 Å². The van der Waals surface area contributed by atoms with E-state index in [2.05, 4.69) is 67.5 Å². The number of hydrogen-bond acceptors (Lipinski definition) is 1. The van der Waals surface area contributed by atoms with Gasteiger partial charge in [-0.1, -0.05) is 164 Å². The first-order valence-corrected chi connectivity index (χ1v) is 20.0. The van der Waals surface area contributed by atoms with Crippen LogP contribution in [-0.4, -0.2) is 23.6 Å². The minimum atomic E-state index is -0.0380. The molecular weight excluding hydrogens is 595 g/mol. The maximum Gasteiger partial charge on any atom is 0.123 e. The topological polar surface area (TPSA) is 20.2 Å². The summed E-state index contributed by atoms with van der Waals surface area (Å²) >= 11 is 0. The van der Waals surface area contributed by atoms with Gasteiger partial charge in [-0.05, 0) is 78.1 Å². The molecule has 1 aromatic carbocycles. The van der Waals surface area contributed by atoms with E-state index in [1.807, 2.05) is 0 Å². The fraction of sp³-hybridized carbons (Fsp3) is 0.846. The smallest absolute Gasteiger partial charge is 0.123 e. The number of rotatable bonds is 24. The molecule has 0 fully saturated rings. The average Bonchev–Trinajstić information content (AvgIpc) is 2.90. The van der Waals surface area contributed by atoms with E-state index in [0.29, 0.717) is 13.7 Å². The van der Waals surface area contributed by atoms with Crippen molar-refractivity contribution in [3.05, 3.63) is 28.8 Å². The fourth-order valence-electron chi connectivity index (χ4n) is 6.10. The number of phenolic OH excluding ortho intramolecular Hbond substituents is 1. The SMILES string of the molecule is Br.CCCCCCCCP(CCCCCCCC)CCCCCCCCCc1cc(C(C)(C)C)c(O)c(C(C)(C)C)c1. The predicted molar refractivity (Wildman–Crippen MR) is 200 cm³/mol. The molecule has 0 bridgehead atoms. The van der Waals surface area contributed by atoms with Crippen molar-refractivity contribution in [2.24, 2.45) is 0 Å². The lowest BCUT2D eigenvalue weighted by molar-refractivity contribution is 0.422. The van der Waals surface area contributed by atoms with Crippen LogP contribution in [0, 0.1) is 0 Å². The Morgan fingerprint density at radius 3 is 1.14 bits per heavy atom. The number of aromatic hydroxyl groups is 1. The second-order valence-corrected chi connectivity index (χ2v) is 17.8. The molecule has 0 atom stereocenters. The molecule has 0 heterocycles. The fourth-order valence-corrected chi connectivity index (χ4v) is 8.78. The van der Waals surface area contributed by atoms with Crippen LogP contribution in [0.15, 0.2) is 12.1 Å². The summed E-state index contributed by atoms with van der Waals surface area (Å²) in [6.45, 7) is 17.9. The predicted octanol–water partition coefficient (Wildman–Crippen LogP) is 14.0. The van der Waals surface area contributed by atoms with Gasteiger partial charge >= 0.3 is 0 Å². The first-order valence-electron chi connectivity index (χ1n) is 18.1. The number of halogens is 1. The van der Waals surface area contributed by atoms with E-state index < -0.39 is 0 Å². The van der Waals surface area contributed by atoms with Gasteiger partial charge in [0.2, 0.25) is 0 Å². The Hall–Kier alpha value is -0.0700. The molecule has 0 aliphatic carbocycles. The zero-order valence-electron chi connectivity index (χ0n) is 29.7. The lowest BCUT2D eigenvalue weighted by Gasteiger charge is -2.28.